The Hall–Kier alpha value is -1.35. The van der Waals surface area contributed by atoms with Crippen molar-refractivity contribution in [1.29, 1.82) is 0 Å². The molecule has 0 spiro atoms. The van der Waals surface area contributed by atoms with E-state index in [2.05, 4.69) is 48.6 Å². The fourth-order valence-corrected chi connectivity index (χ4v) is 3.39. The third-order valence-electron chi connectivity index (χ3n) is 4.74. The third-order valence-corrected chi connectivity index (χ3v) is 4.99. The van der Waals surface area contributed by atoms with Crippen molar-refractivity contribution >= 4 is 11.6 Å². The van der Waals surface area contributed by atoms with E-state index in [-0.39, 0.29) is 0 Å². The van der Waals surface area contributed by atoms with Crippen molar-refractivity contribution in [3.8, 4) is 0 Å². The lowest BCUT2D eigenvalue weighted by atomic mass is 9.88. The molecule has 23 heavy (non-hydrogen) atoms. The molecule has 1 aliphatic heterocycles. The van der Waals surface area contributed by atoms with Crippen molar-refractivity contribution in [3.63, 3.8) is 0 Å². The number of halogens is 1. The maximum Gasteiger partial charge on any atom is 0.115 e. The monoisotopic (exact) mass is 329 g/mol. The summed E-state index contributed by atoms with van der Waals surface area (Å²) in [6.07, 6.45) is 3.58. The lowest BCUT2D eigenvalue weighted by Gasteiger charge is -2.32. The van der Waals surface area contributed by atoms with E-state index in [4.69, 9.17) is 16.3 Å². The highest BCUT2D eigenvalue weighted by Crippen LogP contribution is 2.34. The molecule has 0 amide bonds. The number of benzene rings is 2. The maximum absolute atomic E-state index is 6.42. The molecular formula is C20H24ClNO. The van der Waals surface area contributed by atoms with Crippen molar-refractivity contribution in [2.75, 3.05) is 13.2 Å². The van der Waals surface area contributed by atoms with Crippen LogP contribution < -0.4 is 5.32 Å². The van der Waals surface area contributed by atoms with Crippen LogP contribution in [0.25, 0.3) is 0 Å². The van der Waals surface area contributed by atoms with Gasteiger partial charge in [0.2, 0.25) is 0 Å². The van der Waals surface area contributed by atoms with E-state index in [9.17, 15) is 0 Å². The molecule has 0 aromatic heterocycles. The standard InChI is InChI=1S/C20H24ClNO/c1-20(16-6-3-2-4-7-16,17-9-11-18(21)12-10-17)23-15-13-19-8-5-14-22-19/h2-4,6-7,9-12,19,22H,5,8,13-15H2,1H3. The van der Waals surface area contributed by atoms with Crippen LogP contribution >= 0.6 is 11.6 Å². The molecule has 0 saturated carbocycles. The highest BCUT2D eigenvalue weighted by molar-refractivity contribution is 6.30. The quantitative estimate of drug-likeness (QED) is 0.824. The predicted molar refractivity (Wildman–Crippen MR) is 95.9 cm³/mol. The van der Waals surface area contributed by atoms with E-state index in [0.717, 1.165) is 30.2 Å². The molecule has 1 N–H and O–H groups in total. The van der Waals surface area contributed by atoms with Gasteiger partial charge in [0.05, 0.1) is 0 Å². The van der Waals surface area contributed by atoms with Crippen LogP contribution in [0.5, 0.6) is 0 Å². The molecule has 1 fully saturated rings. The summed E-state index contributed by atoms with van der Waals surface area (Å²) in [6, 6.07) is 19.0. The van der Waals surface area contributed by atoms with Crippen LogP contribution in [0.4, 0.5) is 0 Å². The topological polar surface area (TPSA) is 21.3 Å². The van der Waals surface area contributed by atoms with Gasteiger partial charge in [-0.2, -0.15) is 0 Å². The molecule has 2 aromatic rings. The Bertz CT molecular complexity index is 607. The van der Waals surface area contributed by atoms with E-state index < -0.39 is 5.60 Å². The average Bonchev–Trinajstić information content (AvgIpc) is 3.09. The molecule has 3 heteroatoms. The molecule has 2 atom stereocenters. The van der Waals surface area contributed by atoms with Gasteiger partial charge in [-0.25, -0.2) is 0 Å². The van der Waals surface area contributed by atoms with E-state index in [1.54, 1.807) is 0 Å². The van der Waals surface area contributed by atoms with Gasteiger partial charge in [-0.1, -0.05) is 54.1 Å². The van der Waals surface area contributed by atoms with Crippen LogP contribution in [0.2, 0.25) is 5.02 Å². The van der Waals surface area contributed by atoms with Crippen LogP contribution in [-0.2, 0) is 10.3 Å². The second-order valence-corrected chi connectivity index (χ2v) is 6.77. The van der Waals surface area contributed by atoms with Crippen LogP contribution in [0, 0.1) is 0 Å². The first-order chi connectivity index (χ1) is 11.2. The van der Waals surface area contributed by atoms with Crippen LogP contribution in [0.1, 0.15) is 37.3 Å². The SMILES string of the molecule is CC(OCCC1CCCN1)(c1ccccc1)c1ccc(Cl)cc1. The van der Waals surface area contributed by atoms with Gasteiger partial charge >= 0.3 is 0 Å². The summed E-state index contributed by atoms with van der Waals surface area (Å²) >= 11 is 6.05. The van der Waals surface area contributed by atoms with E-state index in [1.165, 1.54) is 18.4 Å². The molecule has 2 unspecified atom stereocenters. The van der Waals surface area contributed by atoms with Gasteiger partial charge in [-0.3, -0.25) is 0 Å². The first-order valence-electron chi connectivity index (χ1n) is 8.37. The van der Waals surface area contributed by atoms with Crippen molar-refractivity contribution in [2.45, 2.75) is 37.8 Å². The smallest absolute Gasteiger partial charge is 0.115 e. The molecule has 0 radical (unpaired) electrons. The summed E-state index contributed by atoms with van der Waals surface area (Å²) in [7, 11) is 0. The van der Waals surface area contributed by atoms with E-state index in [1.807, 2.05) is 18.2 Å². The molecule has 0 aliphatic carbocycles. The van der Waals surface area contributed by atoms with Gasteiger partial charge in [0.1, 0.15) is 5.60 Å². The largest absolute Gasteiger partial charge is 0.366 e. The Balaban J connectivity index is 1.79. The van der Waals surface area contributed by atoms with Crippen LogP contribution in [0.15, 0.2) is 54.6 Å². The Labute approximate surface area is 143 Å². The van der Waals surface area contributed by atoms with Crippen LogP contribution in [-0.4, -0.2) is 19.2 Å². The molecule has 0 bridgehead atoms. The summed E-state index contributed by atoms with van der Waals surface area (Å²) in [5, 5.41) is 4.28. The first kappa shape index (κ1) is 16.5. The highest BCUT2D eigenvalue weighted by atomic mass is 35.5. The second-order valence-electron chi connectivity index (χ2n) is 6.34. The summed E-state index contributed by atoms with van der Waals surface area (Å²) < 4.78 is 6.42. The summed E-state index contributed by atoms with van der Waals surface area (Å²) in [6.45, 7) is 4.02. The minimum Gasteiger partial charge on any atom is -0.366 e. The van der Waals surface area contributed by atoms with Crippen molar-refractivity contribution < 1.29 is 4.74 Å². The Kier molecular flexibility index (Phi) is 5.37. The van der Waals surface area contributed by atoms with E-state index in [0.29, 0.717) is 6.04 Å². The average molecular weight is 330 g/mol. The van der Waals surface area contributed by atoms with Gasteiger partial charge in [0.25, 0.3) is 0 Å². The number of hydrogen-bond donors (Lipinski definition) is 1. The normalized spacial score (nSPS) is 20.3. The van der Waals surface area contributed by atoms with E-state index >= 15 is 0 Å². The maximum atomic E-state index is 6.42. The first-order valence-corrected chi connectivity index (χ1v) is 8.75. The fourth-order valence-electron chi connectivity index (χ4n) is 3.27. The molecule has 1 saturated heterocycles. The lowest BCUT2D eigenvalue weighted by molar-refractivity contribution is -0.00797. The summed E-state index contributed by atoms with van der Waals surface area (Å²) in [5.74, 6) is 0. The zero-order chi connectivity index (χ0) is 16.1. The highest BCUT2D eigenvalue weighted by Gasteiger charge is 2.30. The van der Waals surface area contributed by atoms with Gasteiger partial charge in [-0.05, 0) is 56.0 Å². The zero-order valence-electron chi connectivity index (χ0n) is 13.6. The molecule has 122 valence electrons. The molecule has 1 aliphatic rings. The predicted octanol–water partition coefficient (Wildman–Crippen LogP) is 4.76. The molecule has 3 rings (SSSR count). The number of ether oxygens (including phenoxy) is 1. The number of rotatable bonds is 6. The van der Waals surface area contributed by atoms with Gasteiger partial charge in [-0.15, -0.1) is 0 Å². The molecular weight excluding hydrogens is 306 g/mol. The number of hydrogen-bond acceptors (Lipinski definition) is 2. The Morgan fingerprint density at radius 2 is 1.78 bits per heavy atom. The summed E-state index contributed by atoms with van der Waals surface area (Å²) in [5.41, 5.74) is 1.85. The van der Waals surface area contributed by atoms with Gasteiger partial charge < -0.3 is 10.1 Å². The molecule has 2 nitrogen and oxygen atoms in total. The van der Waals surface area contributed by atoms with Gasteiger partial charge in [0.15, 0.2) is 0 Å². The van der Waals surface area contributed by atoms with Gasteiger partial charge in [0, 0.05) is 17.7 Å². The fraction of sp³-hybridized carbons (Fsp3) is 0.400. The minimum absolute atomic E-state index is 0.454. The minimum atomic E-state index is -0.454. The number of nitrogens with one attached hydrogen (secondary N) is 1. The van der Waals surface area contributed by atoms with Crippen molar-refractivity contribution in [2.24, 2.45) is 0 Å². The second kappa shape index (κ2) is 7.48. The third kappa shape index (κ3) is 3.95. The van der Waals surface area contributed by atoms with Crippen molar-refractivity contribution in [3.05, 3.63) is 70.7 Å². The Morgan fingerprint density at radius 1 is 1.09 bits per heavy atom. The Morgan fingerprint density at radius 3 is 2.43 bits per heavy atom. The zero-order valence-corrected chi connectivity index (χ0v) is 14.4. The van der Waals surface area contributed by atoms with Crippen molar-refractivity contribution in [1.82, 2.24) is 5.32 Å². The lowest BCUT2D eigenvalue weighted by Crippen LogP contribution is -2.30. The van der Waals surface area contributed by atoms with Crippen LogP contribution in [0.3, 0.4) is 0 Å². The molecule has 1 heterocycles. The summed E-state index contributed by atoms with van der Waals surface area (Å²) in [4.78, 5) is 0. The molecule has 2 aromatic carbocycles.